The fourth-order valence-corrected chi connectivity index (χ4v) is 4.13. The molecular weight excluding hydrogens is 418 g/mol. The largest absolute Gasteiger partial charge is 0.367 e. The van der Waals surface area contributed by atoms with Crippen molar-refractivity contribution < 1.29 is 18.0 Å². The summed E-state index contributed by atoms with van der Waals surface area (Å²) in [5, 5.41) is 10.1. The highest BCUT2D eigenvalue weighted by Crippen LogP contribution is 2.30. The van der Waals surface area contributed by atoms with E-state index in [0.29, 0.717) is 34.1 Å². The molecule has 2 fully saturated rings. The second-order valence-electron chi connectivity index (χ2n) is 7.80. The number of imide groups is 1. The lowest BCUT2D eigenvalue weighted by Crippen LogP contribution is -2.19. The minimum atomic E-state index is -3.37. The Labute approximate surface area is 178 Å². The molecule has 2 aliphatic rings. The molecule has 1 aliphatic carbocycles. The van der Waals surface area contributed by atoms with Crippen LogP contribution in [0.3, 0.4) is 0 Å². The molecule has 0 spiro atoms. The highest BCUT2D eigenvalue weighted by molar-refractivity contribution is 7.90. The summed E-state index contributed by atoms with van der Waals surface area (Å²) >= 11 is 0. The van der Waals surface area contributed by atoms with Crippen LogP contribution in [0.5, 0.6) is 0 Å². The van der Waals surface area contributed by atoms with Gasteiger partial charge in [0.1, 0.15) is 5.82 Å². The van der Waals surface area contributed by atoms with E-state index in [9.17, 15) is 18.0 Å². The van der Waals surface area contributed by atoms with Gasteiger partial charge in [0.2, 0.25) is 5.91 Å². The molecule has 0 atom stereocenters. The molecule has 0 radical (unpaired) electrons. The average molecular weight is 437 g/mol. The van der Waals surface area contributed by atoms with Gasteiger partial charge in [-0.2, -0.15) is 9.61 Å². The van der Waals surface area contributed by atoms with Crippen LogP contribution in [0.1, 0.15) is 24.8 Å². The SMILES string of the molecule is CS(=O)(=O)c1cccc(-c2cc(NC3CC3)n3ncc(/C=C4\CC(=O)NC4=O)c3n2)c1. The Bertz CT molecular complexity index is 1390. The first kappa shape index (κ1) is 19.4. The van der Waals surface area contributed by atoms with Crippen LogP contribution >= 0.6 is 0 Å². The van der Waals surface area contributed by atoms with Crippen molar-refractivity contribution in [1.82, 2.24) is 19.9 Å². The van der Waals surface area contributed by atoms with E-state index in [-0.39, 0.29) is 17.2 Å². The van der Waals surface area contributed by atoms with E-state index in [1.54, 1.807) is 41.1 Å². The monoisotopic (exact) mass is 437 g/mol. The van der Waals surface area contributed by atoms with Crippen molar-refractivity contribution in [2.24, 2.45) is 0 Å². The third-order valence-corrected chi connectivity index (χ3v) is 6.32. The van der Waals surface area contributed by atoms with E-state index in [0.717, 1.165) is 24.9 Å². The quantitative estimate of drug-likeness (QED) is 0.461. The molecule has 31 heavy (non-hydrogen) atoms. The molecule has 3 heterocycles. The van der Waals surface area contributed by atoms with E-state index in [1.165, 1.54) is 0 Å². The molecule has 2 amide bonds. The number of sulfone groups is 1. The fourth-order valence-electron chi connectivity index (χ4n) is 3.46. The van der Waals surface area contributed by atoms with Gasteiger partial charge in [-0.3, -0.25) is 14.9 Å². The summed E-state index contributed by atoms with van der Waals surface area (Å²) in [5.41, 5.74) is 2.68. The van der Waals surface area contributed by atoms with Gasteiger partial charge in [0.15, 0.2) is 15.5 Å². The van der Waals surface area contributed by atoms with E-state index in [4.69, 9.17) is 4.98 Å². The summed E-state index contributed by atoms with van der Waals surface area (Å²) in [6.45, 7) is 0. The highest BCUT2D eigenvalue weighted by atomic mass is 32.2. The van der Waals surface area contributed by atoms with E-state index >= 15 is 0 Å². The van der Waals surface area contributed by atoms with Crippen LogP contribution in [-0.4, -0.2) is 47.1 Å². The Morgan fingerprint density at radius 2 is 2.03 bits per heavy atom. The smallest absolute Gasteiger partial charge is 0.254 e. The van der Waals surface area contributed by atoms with Gasteiger partial charge in [0.25, 0.3) is 5.91 Å². The van der Waals surface area contributed by atoms with Gasteiger partial charge < -0.3 is 5.32 Å². The van der Waals surface area contributed by atoms with Crippen molar-refractivity contribution in [2.45, 2.75) is 30.2 Å². The predicted octanol–water partition coefficient (Wildman–Crippen LogP) is 1.80. The van der Waals surface area contributed by atoms with Crippen LogP contribution in [0.2, 0.25) is 0 Å². The summed E-state index contributed by atoms with van der Waals surface area (Å²) in [4.78, 5) is 28.4. The molecule has 9 nitrogen and oxygen atoms in total. The third-order valence-electron chi connectivity index (χ3n) is 5.21. The summed E-state index contributed by atoms with van der Waals surface area (Å²) in [5.74, 6) is -0.0309. The van der Waals surface area contributed by atoms with Crippen molar-refractivity contribution in [3.8, 4) is 11.3 Å². The van der Waals surface area contributed by atoms with Crippen LogP contribution in [0.4, 0.5) is 5.82 Å². The highest BCUT2D eigenvalue weighted by Gasteiger charge is 2.26. The first-order chi connectivity index (χ1) is 14.8. The lowest BCUT2D eigenvalue weighted by Gasteiger charge is -2.11. The zero-order valence-electron chi connectivity index (χ0n) is 16.6. The molecule has 0 unspecified atom stereocenters. The Morgan fingerprint density at radius 1 is 1.23 bits per heavy atom. The number of rotatable bonds is 5. The Balaban J connectivity index is 1.67. The van der Waals surface area contributed by atoms with Crippen molar-refractivity contribution in [2.75, 3.05) is 11.6 Å². The molecule has 2 N–H and O–H groups in total. The van der Waals surface area contributed by atoms with Crippen LogP contribution in [0.15, 0.2) is 47.0 Å². The molecule has 5 rings (SSSR count). The van der Waals surface area contributed by atoms with Gasteiger partial charge >= 0.3 is 0 Å². The van der Waals surface area contributed by atoms with Crippen molar-refractivity contribution in [3.63, 3.8) is 0 Å². The first-order valence-electron chi connectivity index (χ1n) is 9.78. The molecule has 0 bridgehead atoms. The second kappa shape index (κ2) is 7.02. The van der Waals surface area contributed by atoms with Gasteiger partial charge in [-0.05, 0) is 31.1 Å². The summed E-state index contributed by atoms with van der Waals surface area (Å²) in [6.07, 6.45) is 6.51. The lowest BCUT2D eigenvalue weighted by molar-refractivity contribution is -0.124. The third kappa shape index (κ3) is 3.81. The van der Waals surface area contributed by atoms with Crippen molar-refractivity contribution in [3.05, 3.63) is 47.7 Å². The Hall–Kier alpha value is -3.53. The molecule has 1 saturated heterocycles. The van der Waals surface area contributed by atoms with Gasteiger partial charge in [0, 0.05) is 35.1 Å². The van der Waals surface area contributed by atoms with Gasteiger partial charge in [-0.25, -0.2) is 13.4 Å². The Kier molecular flexibility index (Phi) is 4.40. The molecule has 1 aliphatic heterocycles. The molecular formula is C21H19N5O4S. The second-order valence-corrected chi connectivity index (χ2v) is 9.82. The van der Waals surface area contributed by atoms with E-state index in [2.05, 4.69) is 15.7 Å². The van der Waals surface area contributed by atoms with Gasteiger partial charge in [-0.15, -0.1) is 0 Å². The number of amides is 2. The molecule has 10 heteroatoms. The molecule has 1 aromatic carbocycles. The van der Waals surface area contributed by atoms with Crippen LogP contribution in [-0.2, 0) is 19.4 Å². The van der Waals surface area contributed by atoms with E-state index < -0.39 is 15.7 Å². The normalized spacial score (nSPS) is 18.0. The number of aromatic nitrogens is 3. The summed E-state index contributed by atoms with van der Waals surface area (Å²) in [7, 11) is -3.37. The number of hydrogen-bond acceptors (Lipinski definition) is 7. The number of hydrogen-bond donors (Lipinski definition) is 2. The minimum Gasteiger partial charge on any atom is -0.367 e. The topological polar surface area (TPSA) is 123 Å². The van der Waals surface area contributed by atoms with Gasteiger partial charge in [-0.1, -0.05) is 12.1 Å². The summed E-state index contributed by atoms with van der Waals surface area (Å²) < 4.78 is 25.6. The van der Waals surface area contributed by atoms with E-state index in [1.807, 2.05) is 6.07 Å². The predicted molar refractivity (Wildman–Crippen MR) is 114 cm³/mol. The number of carbonyl (C=O) groups excluding carboxylic acids is 2. The number of nitrogens with zero attached hydrogens (tertiary/aromatic N) is 3. The summed E-state index contributed by atoms with van der Waals surface area (Å²) in [6, 6.07) is 8.80. The van der Waals surface area contributed by atoms with Crippen LogP contribution in [0, 0.1) is 0 Å². The van der Waals surface area contributed by atoms with Crippen molar-refractivity contribution in [1.29, 1.82) is 0 Å². The number of carbonyl (C=O) groups is 2. The van der Waals surface area contributed by atoms with Crippen LogP contribution in [0.25, 0.3) is 23.0 Å². The number of benzene rings is 1. The Morgan fingerprint density at radius 3 is 2.71 bits per heavy atom. The molecule has 3 aromatic rings. The standard InChI is InChI=1S/C21H19N5O4S/c1-31(29,30)16-4-2-3-12(8-16)17-10-18(23-15-5-6-15)26-20(24-17)14(11-22-26)7-13-9-19(27)25-21(13)28/h2-4,7-8,10-11,15,23H,5-6,9H2,1H3,(H,25,27,28)/b13-7+. The minimum absolute atomic E-state index is 0.0133. The molecule has 1 saturated carbocycles. The number of nitrogens with one attached hydrogen (secondary N) is 2. The zero-order chi connectivity index (χ0) is 21.8. The maximum Gasteiger partial charge on any atom is 0.254 e. The lowest BCUT2D eigenvalue weighted by atomic mass is 10.1. The fraction of sp³-hybridized carbons (Fsp3) is 0.238. The zero-order valence-corrected chi connectivity index (χ0v) is 17.4. The number of anilines is 1. The maximum atomic E-state index is 12.0. The first-order valence-corrected chi connectivity index (χ1v) is 11.7. The van der Waals surface area contributed by atoms with Crippen molar-refractivity contribution >= 4 is 39.2 Å². The van der Waals surface area contributed by atoms with Gasteiger partial charge in [0.05, 0.1) is 23.2 Å². The molecule has 158 valence electrons. The maximum absolute atomic E-state index is 12.0. The molecule has 2 aromatic heterocycles. The average Bonchev–Trinajstić information content (AvgIpc) is 3.35. The van der Waals surface area contributed by atoms with Crippen LogP contribution < -0.4 is 10.6 Å². The number of fused-ring (bicyclic) bond motifs is 1.